The van der Waals surface area contributed by atoms with Crippen molar-refractivity contribution in [2.24, 2.45) is 51.8 Å². The van der Waals surface area contributed by atoms with Gasteiger partial charge >= 0.3 is 0 Å². The van der Waals surface area contributed by atoms with Crippen molar-refractivity contribution in [1.29, 1.82) is 0 Å². The minimum Gasteiger partial charge on any atom is -0.381 e. The Morgan fingerprint density at radius 2 is 1.88 bits per heavy atom. The van der Waals surface area contributed by atoms with Gasteiger partial charge in [-0.3, -0.25) is 0 Å². The lowest BCUT2D eigenvalue weighted by Crippen LogP contribution is -2.57. The second-order valence-corrected chi connectivity index (χ2v) is 11.0. The molecule has 1 spiro atoms. The molecule has 0 saturated heterocycles. The molecule has 3 unspecified atom stereocenters. The topological polar surface area (TPSA) is 26.3 Å². The van der Waals surface area contributed by atoms with Crippen molar-refractivity contribution in [2.75, 3.05) is 7.11 Å². The predicted octanol–water partition coefficient (Wildman–Crippen LogP) is 5.11. The first kappa shape index (κ1) is 16.8. The van der Waals surface area contributed by atoms with Crippen molar-refractivity contribution in [3.05, 3.63) is 0 Å². The van der Waals surface area contributed by atoms with Gasteiger partial charge in [0.2, 0.25) is 0 Å². The highest BCUT2D eigenvalue weighted by Crippen LogP contribution is 2.82. The van der Waals surface area contributed by atoms with Crippen molar-refractivity contribution in [1.82, 2.24) is 0 Å². The SMILES string of the molecule is COC1C[C@H]2[C@@H]3CC[C@H](C(C)C=O)[C@@]3(C)CC[C@@H]2[C@@]2(C)CC[C@@H]3CC132. The number of hydrogen-bond donors (Lipinski definition) is 0. The zero-order valence-electron chi connectivity index (χ0n) is 16.6. The molecule has 0 radical (unpaired) electrons. The molecule has 140 valence electrons. The molecule has 2 heteroatoms. The lowest BCUT2D eigenvalue weighted by molar-refractivity contribution is -0.161. The standard InChI is InChI=1S/C23H36O2/c1-14(13-24)17-5-6-18-16-11-20(25-4)23-12-15(23)7-10-22(23,3)19(16)8-9-21(17,18)2/h13-20H,5-12H2,1-4H3/t14?,15-,16+,17-,18+,19+,20?,21-,22-,23?/m1/s1. The molecule has 5 fully saturated rings. The molecule has 0 aromatic carbocycles. The third kappa shape index (κ3) is 1.79. The lowest BCUT2D eigenvalue weighted by Gasteiger charge is -2.61. The molecule has 5 aliphatic carbocycles. The van der Waals surface area contributed by atoms with Crippen LogP contribution in [0.4, 0.5) is 0 Å². The van der Waals surface area contributed by atoms with Gasteiger partial charge in [-0.25, -0.2) is 0 Å². The van der Waals surface area contributed by atoms with Crippen molar-refractivity contribution >= 4 is 6.29 Å². The van der Waals surface area contributed by atoms with Gasteiger partial charge in [-0.1, -0.05) is 20.8 Å². The lowest BCUT2D eigenvalue weighted by atomic mass is 9.45. The van der Waals surface area contributed by atoms with Crippen LogP contribution in [0.1, 0.15) is 72.1 Å². The number of carbonyl (C=O) groups excluding carboxylic acids is 1. The van der Waals surface area contributed by atoms with Gasteiger partial charge in [-0.05, 0) is 91.8 Å². The fraction of sp³-hybridized carbons (Fsp3) is 0.957. The van der Waals surface area contributed by atoms with Gasteiger partial charge in [0, 0.05) is 18.4 Å². The number of rotatable bonds is 3. The quantitative estimate of drug-likeness (QED) is 0.665. The van der Waals surface area contributed by atoms with Gasteiger partial charge in [0.05, 0.1) is 6.10 Å². The van der Waals surface area contributed by atoms with E-state index in [0.29, 0.717) is 28.3 Å². The normalized spacial score (nSPS) is 60.2. The van der Waals surface area contributed by atoms with Crippen LogP contribution in [0.2, 0.25) is 0 Å². The average Bonchev–Trinajstić information content (AvgIpc) is 3.12. The molecule has 2 nitrogen and oxygen atoms in total. The van der Waals surface area contributed by atoms with E-state index in [2.05, 4.69) is 20.8 Å². The average molecular weight is 345 g/mol. The summed E-state index contributed by atoms with van der Waals surface area (Å²) in [6.07, 6.45) is 12.7. The summed E-state index contributed by atoms with van der Waals surface area (Å²) < 4.78 is 6.18. The van der Waals surface area contributed by atoms with E-state index in [1.807, 2.05) is 7.11 Å². The summed E-state index contributed by atoms with van der Waals surface area (Å²) in [6.45, 7) is 7.35. The summed E-state index contributed by atoms with van der Waals surface area (Å²) >= 11 is 0. The minimum absolute atomic E-state index is 0.231. The molecular weight excluding hydrogens is 308 g/mol. The monoisotopic (exact) mass is 344 g/mol. The van der Waals surface area contributed by atoms with Gasteiger partial charge < -0.3 is 9.53 Å². The molecule has 0 aromatic rings. The highest BCUT2D eigenvalue weighted by molar-refractivity contribution is 5.53. The maximum absolute atomic E-state index is 11.5. The predicted molar refractivity (Wildman–Crippen MR) is 99.1 cm³/mol. The number of ether oxygens (including phenoxy) is 1. The summed E-state index contributed by atoms with van der Waals surface area (Å²) in [7, 11) is 1.97. The van der Waals surface area contributed by atoms with Gasteiger partial charge in [0.1, 0.15) is 6.29 Å². The van der Waals surface area contributed by atoms with E-state index in [1.54, 1.807) is 0 Å². The van der Waals surface area contributed by atoms with Crippen LogP contribution in [0, 0.1) is 51.8 Å². The van der Waals surface area contributed by atoms with Crippen LogP contribution < -0.4 is 0 Å². The Bertz CT molecular complexity index is 587. The van der Waals surface area contributed by atoms with Crippen molar-refractivity contribution in [2.45, 2.75) is 78.2 Å². The maximum atomic E-state index is 11.5. The van der Waals surface area contributed by atoms with Gasteiger partial charge in [-0.15, -0.1) is 0 Å². The van der Waals surface area contributed by atoms with Crippen LogP contribution in [0.25, 0.3) is 0 Å². The number of carbonyl (C=O) groups is 1. The van der Waals surface area contributed by atoms with Crippen molar-refractivity contribution in [3.63, 3.8) is 0 Å². The van der Waals surface area contributed by atoms with E-state index in [0.717, 1.165) is 23.7 Å². The second kappa shape index (κ2) is 5.12. The molecular formula is C23H36O2. The summed E-state index contributed by atoms with van der Waals surface area (Å²) in [4.78, 5) is 11.5. The summed E-state index contributed by atoms with van der Waals surface area (Å²) in [5.41, 5.74) is 1.45. The van der Waals surface area contributed by atoms with E-state index in [-0.39, 0.29) is 5.92 Å². The first-order chi connectivity index (χ1) is 11.9. The number of fused-ring (bicyclic) bond motifs is 4. The minimum atomic E-state index is 0.231. The molecule has 0 aromatic heterocycles. The number of hydrogen-bond acceptors (Lipinski definition) is 2. The van der Waals surface area contributed by atoms with Crippen LogP contribution in [0.5, 0.6) is 0 Å². The van der Waals surface area contributed by atoms with Crippen molar-refractivity contribution < 1.29 is 9.53 Å². The van der Waals surface area contributed by atoms with E-state index >= 15 is 0 Å². The van der Waals surface area contributed by atoms with Crippen LogP contribution in [0.3, 0.4) is 0 Å². The molecule has 25 heavy (non-hydrogen) atoms. The second-order valence-electron chi connectivity index (χ2n) is 11.0. The Balaban J connectivity index is 1.50. The molecule has 10 atom stereocenters. The third-order valence-electron chi connectivity index (χ3n) is 10.8. The molecule has 5 aliphatic rings. The van der Waals surface area contributed by atoms with Crippen LogP contribution in [0.15, 0.2) is 0 Å². The highest BCUT2D eigenvalue weighted by Gasteiger charge is 2.77. The van der Waals surface area contributed by atoms with Crippen LogP contribution in [-0.2, 0) is 9.53 Å². The van der Waals surface area contributed by atoms with E-state index in [4.69, 9.17) is 4.74 Å². The van der Waals surface area contributed by atoms with E-state index < -0.39 is 0 Å². The molecule has 5 saturated carbocycles. The summed E-state index contributed by atoms with van der Waals surface area (Å²) in [6, 6.07) is 0. The zero-order chi connectivity index (χ0) is 17.6. The number of methoxy groups -OCH3 is 1. The van der Waals surface area contributed by atoms with Crippen LogP contribution in [-0.4, -0.2) is 19.5 Å². The third-order valence-corrected chi connectivity index (χ3v) is 10.8. The first-order valence-electron chi connectivity index (χ1n) is 10.9. The van der Waals surface area contributed by atoms with Gasteiger partial charge in [0.15, 0.2) is 0 Å². The van der Waals surface area contributed by atoms with Crippen LogP contribution >= 0.6 is 0 Å². The highest BCUT2D eigenvalue weighted by atomic mass is 16.5. The molecule has 0 amide bonds. The molecule has 0 N–H and O–H groups in total. The van der Waals surface area contributed by atoms with E-state index in [1.165, 1.54) is 57.7 Å². The fourth-order valence-corrected chi connectivity index (χ4v) is 9.58. The summed E-state index contributed by atoms with van der Waals surface area (Å²) in [5, 5.41) is 0. The van der Waals surface area contributed by atoms with Crippen molar-refractivity contribution in [3.8, 4) is 0 Å². The Morgan fingerprint density at radius 3 is 2.56 bits per heavy atom. The first-order valence-corrected chi connectivity index (χ1v) is 10.9. The fourth-order valence-electron chi connectivity index (χ4n) is 9.58. The molecule has 0 bridgehead atoms. The molecule has 0 heterocycles. The van der Waals surface area contributed by atoms with Gasteiger partial charge in [-0.2, -0.15) is 0 Å². The van der Waals surface area contributed by atoms with Gasteiger partial charge in [0.25, 0.3) is 0 Å². The molecule has 0 aliphatic heterocycles. The Morgan fingerprint density at radius 1 is 1.08 bits per heavy atom. The maximum Gasteiger partial charge on any atom is 0.123 e. The Kier molecular flexibility index (Phi) is 3.43. The zero-order valence-corrected chi connectivity index (χ0v) is 16.6. The Labute approximate surface area is 153 Å². The number of aldehydes is 1. The smallest absolute Gasteiger partial charge is 0.123 e. The largest absolute Gasteiger partial charge is 0.381 e. The molecule has 5 rings (SSSR count). The Hall–Kier alpha value is -0.370. The van der Waals surface area contributed by atoms with E-state index in [9.17, 15) is 4.79 Å². The summed E-state index contributed by atoms with van der Waals surface area (Å²) in [5.74, 6) is 4.37.